The van der Waals surface area contributed by atoms with Gasteiger partial charge >= 0.3 is 0 Å². The van der Waals surface area contributed by atoms with Gasteiger partial charge in [0.05, 0.1) is 0 Å². The number of benzene rings is 2. The Balaban J connectivity index is 2.10. The maximum Gasteiger partial charge on any atom is 0.0406 e. The van der Waals surface area contributed by atoms with Gasteiger partial charge in [-0.25, -0.2) is 0 Å². The average Bonchev–Trinajstić information content (AvgIpc) is 2.31. The largest absolute Gasteiger partial charge is 0.381 e. The smallest absolute Gasteiger partial charge is 0.0406 e. The molecule has 0 unspecified atom stereocenters. The zero-order valence-electron chi connectivity index (χ0n) is 10.1. The van der Waals surface area contributed by atoms with Gasteiger partial charge in [0.25, 0.3) is 0 Å². The second kappa shape index (κ2) is 5.54. The molecule has 88 valence electrons. The number of nitrogens with one attached hydrogen (secondary N) is 1. The summed E-state index contributed by atoms with van der Waals surface area (Å²) in [5, 5.41) is 3.47. The van der Waals surface area contributed by atoms with E-state index in [0.717, 1.165) is 6.54 Å². The summed E-state index contributed by atoms with van der Waals surface area (Å²) in [6.45, 7) is 5.22. The highest BCUT2D eigenvalue weighted by molar-refractivity contribution is 14.1. The summed E-state index contributed by atoms with van der Waals surface area (Å²) in [6, 6.07) is 14.9. The van der Waals surface area contributed by atoms with Crippen molar-refractivity contribution in [1.82, 2.24) is 0 Å². The van der Waals surface area contributed by atoms with E-state index >= 15 is 0 Å². The van der Waals surface area contributed by atoms with Crippen molar-refractivity contribution in [2.75, 3.05) is 5.32 Å². The van der Waals surface area contributed by atoms with E-state index < -0.39 is 0 Å². The van der Waals surface area contributed by atoms with E-state index in [2.05, 4.69) is 84.2 Å². The number of rotatable bonds is 3. The average molecular weight is 337 g/mol. The number of anilines is 1. The highest BCUT2D eigenvalue weighted by Gasteiger charge is 2.01. The van der Waals surface area contributed by atoms with Crippen molar-refractivity contribution in [2.45, 2.75) is 20.4 Å². The molecule has 0 bridgehead atoms. The first kappa shape index (κ1) is 12.4. The van der Waals surface area contributed by atoms with E-state index in [1.54, 1.807) is 0 Å². The molecule has 0 fully saturated rings. The van der Waals surface area contributed by atoms with Crippen LogP contribution >= 0.6 is 22.6 Å². The van der Waals surface area contributed by atoms with E-state index in [1.165, 1.54) is 25.9 Å². The zero-order valence-corrected chi connectivity index (χ0v) is 12.3. The predicted octanol–water partition coefficient (Wildman–Crippen LogP) is 4.52. The first-order valence-electron chi connectivity index (χ1n) is 5.71. The van der Waals surface area contributed by atoms with Crippen molar-refractivity contribution in [3.63, 3.8) is 0 Å². The van der Waals surface area contributed by atoms with Gasteiger partial charge in [0.1, 0.15) is 0 Å². The minimum absolute atomic E-state index is 0.888. The molecule has 0 saturated heterocycles. The molecule has 0 aliphatic rings. The molecule has 0 amide bonds. The van der Waals surface area contributed by atoms with Crippen LogP contribution in [0.4, 0.5) is 5.69 Å². The summed E-state index contributed by atoms with van der Waals surface area (Å²) < 4.78 is 1.26. The van der Waals surface area contributed by atoms with Crippen molar-refractivity contribution in [2.24, 2.45) is 0 Å². The molecule has 17 heavy (non-hydrogen) atoms. The normalized spacial score (nSPS) is 10.3. The van der Waals surface area contributed by atoms with Crippen LogP contribution in [0.5, 0.6) is 0 Å². The van der Waals surface area contributed by atoms with Crippen LogP contribution in [0.1, 0.15) is 16.7 Å². The van der Waals surface area contributed by atoms with Gasteiger partial charge in [0.2, 0.25) is 0 Å². The lowest BCUT2D eigenvalue weighted by Crippen LogP contribution is -2.03. The van der Waals surface area contributed by atoms with Gasteiger partial charge in [-0.15, -0.1) is 0 Å². The SMILES string of the molecule is Cc1cccc(C)c1CNc1ccc(I)cc1. The van der Waals surface area contributed by atoms with Crippen LogP contribution in [0.2, 0.25) is 0 Å². The van der Waals surface area contributed by atoms with E-state index in [9.17, 15) is 0 Å². The lowest BCUT2D eigenvalue weighted by molar-refractivity contribution is 1.09. The summed E-state index contributed by atoms with van der Waals surface area (Å²) in [4.78, 5) is 0. The fourth-order valence-electron chi connectivity index (χ4n) is 1.89. The van der Waals surface area contributed by atoms with Crippen molar-refractivity contribution in [1.29, 1.82) is 0 Å². The Morgan fingerprint density at radius 1 is 0.941 bits per heavy atom. The van der Waals surface area contributed by atoms with E-state index in [4.69, 9.17) is 0 Å². The molecule has 0 atom stereocenters. The Kier molecular flexibility index (Phi) is 4.05. The minimum atomic E-state index is 0.888. The predicted molar refractivity (Wildman–Crippen MR) is 82.4 cm³/mol. The highest BCUT2D eigenvalue weighted by Crippen LogP contribution is 2.16. The quantitative estimate of drug-likeness (QED) is 0.812. The standard InChI is InChI=1S/C15H16IN/c1-11-4-3-5-12(2)15(11)10-17-14-8-6-13(16)7-9-14/h3-9,17H,10H2,1-2H3. The van der Waals surface area contributed by atoms with Gasteiger partial charge in [0, 0.05) is 15.8 Å². The van der Waals surface area contributed by atoms with Crippen molar-refractivity contribution in [3.05, 3.63) is 62.7 Å². The van der Waals surface area contributed by atoms with E-state index in [-0.39, 0.29) is 0 Å². The maximum atomic E-state index is 3.47. The second-order valence-electron chi connectivity index (χ2n) is 4.23. The summed E-state index contributed by atoms with van der Waals surface area (Å²) in [7, 11) is 0. The Labute approximate surface area is 116 Å². The molecule has 0 saturated carbocycles. The van der Waals surface area contributed by atoms with Crippen LogP contribution in [0.25, 0.3) is 0 Å². The highest BCUT2D eigenvalue weighted by atomic mass is 127. The molecular weight excluding hydrogens is 321 g/mol. The number of hydrogen-bond acceptors (Lipinski definition) is 1. The summed E-state index contributed by atoms with van der Waals surface area (Å²) in [6.07, 6.45) is 0. The first-order valence-corrected chi connectivity index (χ1v) is 6.79. The molecule has 0 spiro atoms. The van der Waals surface area contributed by atoms with Crippen molar-refractivity contribution >= 4 is 28.3 Å². The molecule has 1 N–H and O–H groups in total. The number of aryl methyl sites for hydroxylation is 2. The molecular formula is C15H16IN. The monoisotopic (exact) mass is 337 g/mol. The minimum Gasteiger partial charge on any atom is -0.381 e. The van der Waals surface area contributed by atoms with Gasteiger partial charge in [-0.3, -0.25) is 0 Å². The summed E-state index contributed by atoms with van der Waals surface area (Å²) in [5.74, 6) is 0. The molecule has 2 aromatic rings. The fraction of sp³-hybridized carbons (Fsp3) is 0.200. The van der Waals surface area contributed by atoms with Gasteiger partial charge < -0.3 is 5.32 Å². The van der Waals surface area contributed by atoms with Crippen LogP contribution in [0, 0.1) is 17.4 Å². The topological polar surface area (TPSA) is 12.0 Å². The van der Waals surface area contributed by atoms with Crippen LogP contribution in [0.3, 0.4) is 0 Å². The van der Waals surface area contributed by atoms with Crippen LogP contribution in [0.15, 0.2) is 42.5 Å². The molecule has 1 nitrogen and oxygen atoms in total. The Bertz CT molecular complexity index is 483. The second-order valence-corrected chi connectivity index (χ2v) is 5.48. The molecule has 2 heteroatoms. The molecule has 0 aliphatic heterocycles. The van der Waals surface area contributed by atoms with Gasteiger partial charge in [-0.2, -0.15) is 0 Å². The Morgan fingerprint density at radius 2 is 1.53 bits per heavy atom. The van der Waals surface area contributed by atoms with Crippen molar-refractivity contribution < 1.29 is 0 Å². The van der Waals surface area contributed by atoms with E-state index in [0.29, 0.717) is 0 Å². The lowest BCUT2D eigenvalue weighted by atomic mass is 10.0. The molecule has 0 aromatic heterocycles. The van der Waals surface area contributed by atoms with Crippen molar-refractivity contribution in [3.8, 4) is 0 Å². The van der Waals surface area contributed by atoms with Crippen LogP contribution in [-0.4, -0.2) is 0 Å². The fourth-order valence-corrected chi connectivity index (χ4v) is 2.25. The summed E-state index contributed by atoms with van der Waals surface area (Å²) >= 11 is 2.32. The lowest BCUT2D eigenvalue weighted by Gasteiger charge is -2.11. The van der Waals surface area contributed by atoms with Gasteiger partial charge in [-0.05, 0) is 77.4 Å². The molecule has 2 rings (SSSR count). The third-order valence-corrected chi connectivity index (χ3v) is 3.68. The Hall–Kier alpha value is -1.03. The number of halogens is 1. The number of hydrogen-bond donors (Lipinski definition) is 1. The first-order chi connectivity index (χ1) is 8.16. The molecule has 2 aromatic carbocycles. The molecule has 0 aliphatic carbocycles. The Morgan fingerprint density at radius 3 is 2.12 bits per heavy atom. The third kappa shape index (κ3) is 3.22. The van der Waals surface area contributed by atoms with Gasteiger partial charge in [-0.1, -0.05) is 18.2 Å². The third-order valence-electron chi connectivity index (χ3n) is 2.96. The molecule has 0 radical (unpaired) electrons. The zero-order chi connectivity index (χ0) is 12.3. The maximum absolute atomic E-state index is 3.47. The molecule has 0 heterocycles. The van der Waals surface area contributed by atoms with E-state index in [1.807, 2.05) is 0 Å². The summed E-state index contributed by atoms with van der Waals surface area (Å²) in [5.41, 5.74) is 5.27. The van der Waals surface area contributed by atoms with Crippen LogP contribution in [-0.2, 0) is 6.54 Å². The van der Waals surface area contributed by atoms with Gasteiger partial charge in [0.15, 0.2) is 0 Å². The van der Waals surface area contributed by atoms with Crippen LogP contribution < -0.4 is 5.32 Å².